The van der Waals surface area contributed by atoms with E-state index in [1.807, 2.05) is 6.07 Å². The topological polar surface area (TPSA) is 72.9 Å². The summed E-state index contributed by atoms with van der Waals surface area (Å²) in [6, 6.07) is 20.0. The lowest BCUT2D eigenvalue weighted by atomic mass is 10.1. The lowest BCUT2D eigenvalue weighted by molar-refractivity contribution is 0.102. The van der Waals surface area contributed by atoms with E-state index in [1.54, 1.807) is 71.3 Å². The van der Waals surface area contributed by atoms with Gasteiger partial charge in [0.2, 0.25) is 0 Å². The number of nitrogens with one attached hydrogen (secondary N) is 1. The third-order valence-corrected chi connectivity index (χ3v) is 5.64. The molecule has 1 atom stereocenters. The fourth-order valence-electron chi connectivity index (χ4n) is 3.87. The Morgan fingerprint density at radius 2 is 1.82 bits per heavy atom. The summed E-state index contributed by atoms with van der Waals surface area (Å²) in [7, 11) is 0. The molecule has 0 saturated carbocycles. The van der Waals surface area contributed by atoms with Gasteiger partial charge in [-0.25, -0.2) is 9.18 Å². The van der Waals surface area contributed by atoms with Gasteiger partial charge in [-0.2, -0.15) is 0 Å². The van der Waals surface area contributed by atoms with Gasteiger partial charge in [-0.15, -0.1) is 0 Å². The molecule has 1 fully saturated rings. The molecule has 3 amide bonds. The zero-order valence-corrected chi connectivity index (χ0v) is 18.4. The van der Waals surface area contributed by atoms with Crippen molar-refractivity contribution in [2.75, 3.05) is 23.3 Å². The lowest BCUT2D eigenvalue weighted by Crippen LogP contribution is -2.49. The molecule has 170 valence electrons. The number of hydrogen-bond donors (Lipinski definition) is 2. The number of aliphatic hydroxyl groups excluding tert-OH is 1. The van der Waals surface area contributed by atoms with Crippen molar-refractivity contribution in [1.82, 2.24) is 4.90 Å². The number of nitrogens with zero attached hydrogens (tertiary/aromatic N) is 2. The summed E-state index contributed by atoms with van der Waals surface area (Å²) in [5, 5.41) is 12.6. The maximum absolute atomic E-state index is 13.2. The van der Waals surface area contributed by atoms with Gasteiger partial charge in [0.1, 0.15) is 5.82 Å². The summed E-state index contributed by atoms with van der Waals surface area (Å²) in [5.41, 5.74) is 3.23. The number of aliphatic hydroxyl groups is 1. The number of carbonyl (C=O) groups excluding carboxylic acids is 2. The second-order valence-electron chi connectivity index (χ2n) is 8.14. The highest BCUT2D eigenvalue weighted by Crippen LogP contribution is 2.24. The van der Waals surface area contributed by atoms with E-state index in [0.717, 1.165) is 12.0 Å². The highest BCUT2D eigenvalue weighted by molar-refractivity contribution is 6.05. The first kappa shape index (κ1) is 22.5. The van der Waals surface area contributed by atoms with Gasteiger partial charge in [0.15, 0.2) is 0 Å². The molecule has 1 heterocycles. The molecule has 3 aromatic carbocycles. The Morgan fingerprint density at radius 3 is 2.58 bits per heavy atom. The normalized spacial score (nSPS) is 14.8. The molecule has 0 spiro atoms. The Bertz CT molecular complexity index is 1150. The van der Waals surface area contributed by atoms with Crippen LogP contribution in [0.25, 0.3) is 0 Å². The van der Waals surface area contributed by atoms with Crippen LogP contribution in [0.15, 0.2) is 72.8 Å². The van der Waals surface area contributed by atoms with Crippen molar-refractivity contribution in [1.29, 1.82) is 0 Å². The first-order valence-electron chi connectivity index (χ1n) is 10.9. The van der Waals surface area contributed by atoms with Crippen molar-refractivity contribution in [3.63, 3.8) is 0 Å². The number of urea groups is 1. The molecule has 0 aromatic heterocycles. The number of benzene rings is 3. The third-order valence-electron chi connectivity index (χ3n) is 5.64. The van der Waals surface area contributed by atoms with Crippen LogP contribution in [0.4, 0.5) is 20.6 Å². The van der Waals surface area contributed by atoms with E-state index in [-0.39, 0.29) is 17.8 Å². The Kier molecular flexibility index (Phi) is 6.70. The number of anilines is 2. The number of halogens is 1. The van der Waals surface area contributed by atoms with Gasteiger partial charge in [0, 0.05) is 36.6 Å². The van der Waals surface area contributed by atoms with Crippen LogP contribution in [0.3, 0.4) is 0 Å². The van der Waals surface area contributed by atoms with E-state index in [9.17, 15) is 19.1 Å². The summed E-state index contributed by atoms with van der Waals surface area (Å²) in [6.45, 7) is 3.24. The molecule has 4 rings (SSSR count). The zero-order valence-electron chi connectivity index (χ0n) is 18.4. The maximum Gasteiger partial charge on any atom is 0.324 e. The van der Waals surface area contributed by atoms with E-state index >= 15 is 0 Å². The van der Waals surface area contributed by atoms with E-state index in [4.69, 9.17) is 0 Å². The van der Waals surface area contributed by atoms with Gasteiger partial charge in [-0.05, 0) is 66.9 Å². The zero-order chi connectivity index (χ0) is 23.4. The minimum absolute atomic E-state index is 0.146. The largest absolute Gasteiger partial charge is 0.389 e. The molecule has 0 unspecified atom stereocenters. The first-order valence-corrected chi connectivity index (χ1v) is 10.9. The summed E-state index contributed by atoms with van der Waals surface area (Å²) in [5.74, 6) is -0.606. The van der Waals surface area contributed by atoms with E-state index in [0.29, 0.717) is 42.1 Å². The predicted molar refractivity (Wildman–Crippen MR) is 126 cm³/mol. The van der Waals surface area contributed by atoms with Crippen LogP contribution in [-0.2, 0) is 6.54 Å². The van der Waals surface area contributed by atoms with Crippen LogP contribution in [-0.4, -0.2) is 35.0 Å². The van der Waals surface area contributed by atoms with Crippen molar-refractivity contribution in [2.24, 2.45) is 0 Å². The summed E-state index contributed by atoms with van der Waals surface area (Å²) >= 11 is 0. The van der Waals surface area contributed by atoms with Crippen molar-refractivity contribution < 1.29 is 19.1 Å². The predicted octanol–water partition coefficient (Wildman–Crippen LogP) is 4.96. The quantitative estimate of drug-likeness (QED) is 0.561. The van der Waals surface area contributed by atoms with Crippen molar-refractivity contribution in [3.8, 4) is 0 Å². The highest BCUT2D eigenvalue weighted by atomic mass is 19.1. The fourth-order valence-corrected chi connectivity index (χ4v) is 3.87. The average molecular weight is 448 g/mol. The average Bonchev–Trinajstić information content (AvgIpc) is 2.82. The summed E-state index contributed by atoms with van der Waals surface area (Å²) in [4.78, 5) is 29.3. The molecule has 6 nitrogen and oxygen atoms in total. The summed E-state index contributed by atoms with van der Waals surface area (Å²) < 4.78 is 13.2. The Morgan fingerprint density at radius 1 is 1.06 bits per heavy atom. The van der Waals surface area contributed by atoms with Gasteiger partial charge < -0.3 is 15.3 Å². The molecule has 7 heteroatoms. The first-order chi connectivity index (χ1) is 15.9. The van der Waals surface area contributed by atoms with Gasteiger partial charge in [-0.1, -0.05) is 30.3 Å². The molecule has 1 aliphatic heterocycles. The van der Waals surface area contributed by atoms with E-state index < -0.39 is 6.10 Å². The Balaban J connectivity index is 1.48. The van der Waals surface area contributed by atoms with Crippen molar-refractivity contribution >= 4 is 23.3 Å². The molecular formula is C26H26FN3O3. The van der Waals surface area contributed by atoms with Crippen LogP contribution in [0.2, 0.25) is 0 Å². The molecular weight excluding hydrogens is 421 g/mol. The van der Waals surface area contributed by atoms with Crippen LogP contribution < -0.4 is 10.2 Å². The fraction of sp³-hybridized carbons (Fsp3) is 0.231. The number of rotatable bonds is 6. The van der Waals surface area contributed by atoms with Crippen LogP contribution >= 0.6 is 0 Å². The van der Waals surface area contributed by atoms with E-state index in [1.165, 1.54) is 12.1 Å². The minimum atomic E-state index is -0.631. The highest BCUT2D eigenvalue weighted by Gasteiger charge is 2.27. The number of hydrogen-bond acceptors (Lipinski definition) is 3. The second-order valence-corrected chi connectivity index (χ2v) is 8.14. The van der Waals surface area contributed by atoms with E-state index in [2.05, 4.69) is 5.32 Å². The number of carbonyl (C=O) groups is 2. The third kappa shape index (κ3) is 5.38. The second kappa shape index (κ2) is 9.83. The van der Waals surface area contributed by atoms with Crippen molar-refractivity contribution in [2.45, 2.75) is 26.0 Å². The lowest BCUT2D eigenvalue weighted by Gasteiger charge is -2.35. The SMILES string of the molecule is C[C@@H](O)c1cccc(NC(=O)c2cccc(N3CCCN(Cc4ccc(F)cc4)C3=O)c2)c1. The monoisotopic (exact) mass is 447 g/mol. The van der Waals surface area contributed by atoms with Crippen molar-refractivity contribution in [3.05, 3.63) is 95.3 Å². The van der Waals surface area contributed by atoms with Crippen LogP contribution in [0.5, 0.6) is 0 Å². The molecule has 2 N–H and O–H groups in total. The van der Waals surface area contributed by atoms with Gasteiger partial charge in [0.25, 0.3) is 5.91 Å². The van der Waals surface area contributed by atoms with Gasteiger partial charge >= 0.3 is 6.03 Å². The molecule has 1 aliphatic rings. The summed E-state index contributed by atoms with van der Waals surface area (Å²) in [6.07, 6.45) is 0.156. The smallest absolute Gasteiger partial charge is 0.324 e. The Hall–Kier alpha value is -3.71. The standard InChI is InChI=1S/C26H26FN3O3/c1-18(31)20-5-2-7-23(15-20)28-25(32)21-6-3-8-24(16-21)30-14-4-13-29(26(30)33)17-19-9-11-22(27)12-10-19/h2-3,5-12,15-16,18,31H,4,13-14,17H2,1H3,(H,28,32)/t18-/m1/s1. The van der Waals surface area contributed by atoms with Gasteiger partial charge in [-0.3, -0.25) is 9.69 Å². The van der Waals surface area contributed by atoms with Crippen LogP contribution in [0, 0.1) is 5.82 Å². The maximum atomic E-state index is 13.2. The molecule has 0 bridgehead atoms. The molecule has 3 aromatic rings. The molecule has 33 heavy (non-hydrogen) atoms. The Labute approximate surface area is 192 Å². The molecule has 0 radical (unpaired) electrons. The van der Waals surface area contributed by atoms with Crippen LogP contribution in [0.1, 0.15) is 40.9 Å². The van der Waals surface area contributed by atoms with Gasteiger partial charge in [0.05, 0.1) is 6.10 Å². The molecule has 0 aliphatic carbocycles. The molecule has 1 saturated heterocycles. The number of amides is 3. The minimum Gasteiger partial charge on any atom is -0.389 e.